The highest BCUT2D eigenvalue weighted by Gasteiger charge is 1.91. The zero-order valence-electron chi connectivity index (χ0n) is 9.06. The van der Waals surface area contributed by atoms with Gasteiger partial charge in [0, 0.05) is 6.42 Å². The summed E-state index contributed by atoms with van der Waals surface area (Å²) >= 11 is 0. The lowest BCUT2D eigenvalue weighted by Crippen LogP contribution is -1.93. The molecule has 0 aliphatic carbocycles. The Labute approximate surface area is 89.7 Å². The number of hydrogen-bond acceptors (Lipinski definition) is 2. The minimum Gasteiger partial charge on any atom is -0.481 e. The van der Waals surface area contributed by atoms with E-state index >= 15 is 0 Å². The summed E-state index contributed by atoms with van der Waals surface area (Å²) in [5, 5.41) is 7.89. The molecule has 1 aromatic rings. The quantitative estimate of drug-likeness (QED) is 0.776. The van der Waals surface area contributed by atoms with E-state index in [-0.39, 0.29) is 12.8 Å². The number of carbonyl (C=O) groups excluding carboxylic acids is 1. The van der Waals surface area contributed by atoms with E-state index in [0.717, 1.165) is 0 Å². The lowest BCUT2D eigenvalue weighted by Gasteiger charge is -1.90. The fourth-order valence-corrected chi connectivity index (χ4v) is 0.989. The van der Waals surface area contributed by atoms with Crippen molar-refractivity contribution in [2.45, 2.75) is 26.7 Å². The molecule has 0 atom stereocenters. The van der Waals surface area contributed by atoms with Crippen molar-refractivity contribution in [2.75, 3.05) is 0 Å². The van der Waals surface area contributed by atoms with Crippen molar-refractivity contribution in [1.29, 1.82) is 0 Å². The molecule has 15 heavy (non-hydrogen) atoms. The maximum atomic E-state index is 9.60. The standard InChI is InChI=1S/C8H10.C4H6O3/c1-7-4-3-5-8(2)6-7;5-3-1-2-4(6)7/h3-6H,1-2H3;3H,1-2H2,(H,6,7). The van der Waals surface area contributed by atoms with Crippen molar-refractivity contribution >= 4 is 12.3 Å². The van der Waals surface area contributed by atoms with Crippen molar-refractivity contribution in [3.8, 4) is 0 Å². The molecule has 82 valence electrons. The smallest absolute Gasteiger partial charge is 0.303 e. The molecule has 0 aliphatic rings. The van der Waals surface area contributed by atoms with Gasteiger partial charge in [-0.05, 0) is 13.8 Å². The molecule has 1 aromatic carbocycles. The molecule has 0 spiro atoms. The molecular formula is C12H16O3. The van der Waals surface area contributed by atoms with Gasteiger partial charge < -0.3 is 9.90 Å². The van der Waals surface area contributed by atoms with E-state index in [1.165, 1.54) is 11.1 Å². The molecule has 0 fully saturated rings. The second kappa shape index (κ2) is 7.74. The van der Waals surface area contributed by atoms with Crippen LogP contribution in [0, 0.1) is 13.8 Å². The van der Waals surface area contributed by atoms with Crippen LogP contribution in [0.5, 0.6) is 0 Å². The lowest BCUT2D eigenvalue weighted by molar-refractivity contribution is -0.137. The number of aldehydes is 1. The molecule has 1 rings (SSSR count). The van der Waals surface area contributed by atoms with Gasteiger partial charge in [0.1, 0.15) is 6.29 Å². The van der Waals surface area contributed by atoms with Gasteiger partial charge in [0.05, 0.1) is 6.42 Å². The molecule has 0 saturated carbocycles. The van der Waals surface area contributed by atoms with Gasteiger partial charge in [0.15, 0.2) is 0 Å². The third-order valence-corrected chi connectivity index (χ3v) is 1.65. The number of benzene rings is 1. The van der Waals surface area contributed by atoms with E-state index in [9.17, 15) is 9.59 Å². The monoisotopic (exact) mass is 208 g/mol. The molecule has 0 bridgehead atoms. The van der Waals surface area contributed by atoms with Crippen LogP contribution in [0.3, 0.4) is 0 Å². The summed E-state index contributed by atoms with van der Waals surface area (Å²) in [5.74, 6) is -0.924. The van der Waals surface area contributed by atoms with Gasteiger partial charge in [0.25, 0.3) is 0 Å². The summed E-state index contributed by atoms with van der Waals surface area (Å²) in [5.41, 5.74) is 2.68. The minimum atomic E-state index is -0.924. The highest BCUT2D eigenvalue weighted by Crippen LogP contribution is 2.00. The van der Waals surface area contributed by atoms with Crippen molar-refractivity contribution in [3.63, 3.8) is 0 Å². The molecule has 0 aromatic heterocycles. The van der Waals surface area contributed by atoms with E-state index in [0.29, 0.717) is 6.29 Å². The summed E-state index contributed by atoms with van der Waals surface area (Å²) in [4.78, 5) is 19.0. The second-order valence-corrected chi connectivity index (χ2v) is 3.26. The maximum Gasteiger partial charge on any atom is 0.303 e. The predicted molar refractivity (Wildman–Crippen MR) is 58.8 cm³/mol. The van der Waals surface area contributed by atoms with Crippen LogP contribution >= 0.6 is 0 Å². The number of carbonyl (C=O) groups is 2. The predicted octanol–water partition coefficient (Wildman–Crippen LogP) is 2.35. The summed E-state index contributed by atoms with van der Waals surface area (Å²) in [6, 6.07) is 8.45. The zero-order chi connectivity index (χ0) is 11.7. The van der Waals surface area contributed by atoms with Crippen LogP contribution in [-0.2, 0) is 9.59 Å². The molecule has 0 aliphatic heterocycles. The summed E-state index contributed by atoms with van der Waals surface area (Å²) in [6.07, 6.45) is 0.660. The van der Waals surface area contributed by atoms with Crippen LogP contribution in [0.2, 0.25) is 0 Å². The minimum absolute atomic E-state index is 0.0521. The van der Waals surface area contributed by atoms with Gasteiger partial charge in [0.2, 0.25) is 0 Å². The molecule has 3 nitrogen and oxygen atoms in total. The van der Waals surface area contributed by atoms with Crippen LogP contribution in [0.25, 0.3) is 0 Å². The third kappa shape index (κ3) is 8.68. The molecule has 0 amide bonds. The van der Waals surface area contributed by atoms with Gasteiger partial charge in [-0.3, -0.25) is 4.79 Å². The fourth-order valence-electron chi connectivity index (χ4n) is 0.989. The van der Waals surface area contributed by atoms with E-state index in [2.05, 4.69) is 38.1 Å². The first-order valence-corrected chi connectivity index (χ1v) is 4.75. The summed E-state index contributed by atoms with van der Waals surface area (Å²) in [6.45, 7) is 4.21. The maximum absolute atomic E-state index is 9.60. The molecule has 0 heterocycles. The normalized spacial score (nSPS) is 8.67. The Hall–Kier alpha value is -1.64. The van der Waals surface area contributed by atoms with Gasteiger partial charge >= 0.3 is 5.97 Å². The van der Waals surface area contributed by atoms with Gasteiger partial charge in [-0.15, -0.1) is 0 Å². The van der Waals surface area contributed by atoms with Gasteiger partial charge in [-0.25, -0.2) is 0 Å². The Morgan fingerprint density at radius 3 is 2.07 bits per heavy atom. The number of carboxylic acid groups (broad SMARTS) is 1. The summed E-state index contributed by atoms with van der Waals surface area (Å²) in [7, 11) is 0. The third-order valence-electron chi connectivity index (χ3n) is 1.65. The van der Waals surface area contributed by atoms with Crippen molar-refractivity contribution in [2.24, 2.45) is 0 Å². The van der Waals surface area contributed by atoms with Crippen LogP contribution in [0.4, 0.5) is 0 Å². The van der Waals surface area contributed by atoms with Crippen LogP contribution in [0.1, 0.15) is 24.0 Å². The van der Waals surface area contributed by atoms with Crippen molar-refractivity contribution in [3.05, 3.63) is 35.4 Å². The van der Waals surface area contributed by atoms with E-state index in [4.69, 9.17) is 5.11 Å². The fraction of sp³-hybridized carbons (Fsp3) is 0.333. The van der Waals surface area contributed by atoms with Crippen molar-refractivity contribution < 1.29 is 14.7 Å². The van der Waals surface area contributed by atoms with Gasteiger partial charge in [-0.1, -0.05) is 35.4 Å². The van der Waals surface area contributed by atoms with Crippen molar-refractivity contribution in [1.82, 2.24) is 0 Å². The number of aliphatic carboxylic acids is 1. The topological polar surface area (TPSA) is 54.4 Å². The van der Waals surface area contributed by atoms with Crippen LogP contribution in [-0.4, -0.2) is 17.4 Å². The van der Waals surface area contributed by atoms with E-state index in [1.807, 2.05) is 0 Å². The Kier molecular flexibility index (Phi) is 6.89. The molecular weight excluding hydrogens is 192 g/mol. The molecule has 0 unspecified atom stereocenters. The number of hydrogen-bond donors (Lipinski definition) is 1. The Bertz CT molecular complexity index is 301. The second-order valence-electron chi connectivity index (χ2n) is 3.26. The number of aryl methyl sites for hydroxylation is 2. The first-order valence-electron chi connectivity index (χ1n) is 4.75. The molecule has 3 heteroatoms. The zero-order valence-corrected chi connectivity index (χ0v) is 9.06. The molecule has 0 saturated heterocycles. The number of rotatable bonds is 3. The highest BCUT2D eigenvalue weighted by atomic mass is 16.4. The Morgan fingerprint density at radius 2 is 1.87 bits per heavy atom. The van der Waals surface area contributed by atoms with Gasteiger partial charge in [-0.2, -0.15) is 0 Å². The molecule has 1 N–H and O–H groups in total. The lowest BCUT2D eigenvalue weighted by atomic mass is 10.2. The average molecular weight is 208 g/mol. The largest absolute Gasteiger partial charge is 0.481 e. The molecule has 0 radical (unpaired) electrons. The van der Waals surface area contributed by atoms with Crippen LogP contribution in [0.15, 0.2) is 24.3 Å². The Morgan fingerprint density at radius 1 is 1.33 bits per heavy atom. The van der Waals surface area contributed by atoms with E-state index in [1.54, 1.807) is 0 Å². The average Bonchev–Trinajstić information content (AvgIpc) is 2.15. The first-order chi connectivity index (χ1) is 7.06. The Balaban J connectivity index is 0.000000265. The summed E-state index contributed by atoms with van der Waals surface area (Å²) < 4.78 is 0. The van der Waals surface area contributed by atoms with Crippen LogP contribution < -0.4 is 0 Å². The SMILES string of the molecule is Cc1cccc(C)c1.O=CCCC(=O)O. The first kappa shape index (κ1) is 13.4. The van der Waals surface area contributed by atoms with E-state index < -0.39 is 5.97 Å². The number of carboxylic acids is 1. The highest BCUT2D eigenvalue weighted by molar-refractivity contribution is 5.70.